The maximum atomic E-state index is 13.0. The lowest BCUT2D eigenvalue weighted by Crippen LogP contribution is -2.50. The van der Waals surface area contributed by atoms with Gasteiger partial charge < -0.3 is 9.80 Å². The molecule has 34 heavy (non-hydrogen) atoms. The highest BCUT2D eigenvalue weighted by Gasteiger charge is 2.29. The highest BCUT2D eigenvalue weighted by molar-refractivity contribution is 5.79. The summed E-state index contributed by atoms with van der Waals surface area (Å²) >= 11 is 0. The van der Waals surface area contributed by atoms with E-state index in [2.05, 4.69) is 0 Å². The Bertz CT molecular complexity index is 1090. The van der Waals surface area contributed by atoms with Crippen LogP contribution in [0.15, 0.2) is 29.1 Å². The van der Waals surface area contributed by atoms with Gasteiger partial charge in [0.2, 0.25) is 11.8 Å². The van der Waals surface area contributed by atoms with Gasteiger partial charge in [-0.3, -0.25) is 19.0 Å². The van der Waals surface area contributed by atoms with Crippen molar-refractivity contribution in [3.63, 3.8) is 0 Å². The first kappa shape index (κ1) is 23.1. The number of carbonyl (C=O) groups is 2. The summed E-state index contributed by atoms with van der Waals surface area (Å²) < 4.78 is 1.82. The van der Waals surface area contributed by atoms with E-state index in [9.17, 15) is 14.4 Å². The molecule has 7 nitrogen and oxygen atoms in total. The number of rotatable bonds is 7. The molecule has 2 aliphatic carbocycles. The van der Waals surface area contributed by atoms with Crippen LogP contribution in [-0.2, 0) is 16.0 Å². The van der Waals surface area contributed by atoms with E-state index in [0.29, 0.717) is 56.3 Å². The van der Waals surface area contributed by atoms with Gasteiger partial charge in [-0.2, -0.15) is 0 Å². The maximum absolute atomic E-state index is 13.0. The fourth-order valence-electron chi connectivity index (χ4n) is 5.62. The number of aryl methyl sites for hydroxylation is 1. The lowest BCUT2D eigenvalue weighted by atomic mass is 9.86. The predicted octanol–water partition coefficient (Wildman–Crippen LogP) is 3.70. The third-order valence-corrected chi connectivity index (χ3v) is 7.83. The second-order valence-electron chi connectivity index (χ2n) is 10.3. The summed E-state index contributed by atoms with van der Waals surface area (Å²) in [4.78, 5) is 47.2. The van der Waals surface area contributed by atoms with Gasteiger partial charge in [0, 0.05) is 51.5 Å². The van der Waals surface area contributed by atoms with Crippen molar-refractivity contribution in [3.8, 4) is 0 Å². The minimum Gasteiger partial charge on any atom is -0.339 e. The van der Waals surface area contributed by atoms with Crippen molar-refractivity contribution in [2.45, 2.75) is 76.7 Å². The Balaban J connectivity index is 1.14. The lowest BCUT2D eigenvalue weighted by molar-refractivity contribution is -0.139. The average Bonchev–Trinajstić information content (AvgIpc) is 3.72. The molecule has 5 rings (SSSR count). The van der Waals surface area contributed by atoms with Gasteiger partial charge in [0.25, 0.3) is 5.56 Å². The van der Waals surface area contributed by atoms with Gasteiger partial charge >= 0.3 is 0 Å². The van der Waals surface area contributed by atoms with Crippen LogP contribution in [0.1, 0.15) is 76.1 Å². The van der Waals surface area contributed by atoms with Crippen molar-refractivity contribution in [2.24, 2.45) is 5.92 Å². The van der Waals surface area contributed by atoms with E-state index >= 15 is 0 Å². The van der Waals surface area contributed by atoms with Crippen LogP contribution in [-0.4, -0.2) is 57.3 Å². The van der Waals surface area contributed by atoms with Crippen LogP contribution in [0.5, 0.6) is 0 Å². The Kier molecular flexibility index (Phi) is 6.97. The molecule has 7 heteroatoms. The third kappa shape index (κ3) is 5.18. The normalized spacial score (nSPS) is 19.5. The number of carbonyl (C=O) groups excluding carboxylic acids is 2. The topological polar surface area (TPSA) is 75.5 Å². The Morgan fingerprint density at radius 2 is 1.50 bits per heavy atom. The summed E-state index contributed by atoms with van der Waals surface area (Å²) in [7, 11) is 0. The molecule has 2 aromatic rings. The van der Waals surface area contributed by atoms with E-state index in [1.54, 1.807) is 0 Å². The molecule has 0 radical (unpaired) electrons. The predicted molar refractivity (Wildman–Crippen MR) is 132 cm³/mol. The van der Waals surface area contributed by atoms with Gasteiger partial charge in [0.15, 0.2) is 0 Å². The number of aromatic nitrogens is 2. The summed E-state index contributed by atoms with van der Waals surface area (Å²) in [6.07, 6.45) is 11.0. The van der Waals surface area contributed by atoms with Crippen molar-refractivity contribution >= 4 is 22.7 Å². The molecule has 2 amide bonds. The fraction of sp³-hybridized carbons (Fsp3) is 0.630. The minimum atomic E-state index is 0.0101. The molecule has 0 unspecified atom stereocenters. The first-order valence-electron chi connectivity index (χ1n) is 13.2. The number of para-hydroxylation sites is 1. The molecule has 0 atom stereocenters. The third-order valence-electron chi connectivity index (χ3n) is 7.83. The molecular formula is C27H36N4O3. The monoisotopic (exact) mass is 464 g/mol. The van der Waals surface area contributed by atoms with Crippen LogP contribution in [0.2, 0.25) is 0 Å². The second-order valence-corrected chi connectivity index (χ2v) is 10.3. The van der Waals surface area contributed by atoms with Crippen LogP contribution in [0.4, 0.5) is 0 Å². The number of hydrogen-bond acceptors (Lipinski definition) is 4. The molecule has 0 N–H and O–H groups in total. The second kappa shape index (κ2) is 10.3. The van der Waals surface area contributed by atoms with Crippen molar-refractivity contribution < 1.29 is 9.59 Å². The molecule has 0 spiro atoms. The maximum Gasteiger partial charge on any atom is 0.261 e. The Morgan fingerprint density at radius 1 is 0.853 bits per heavy atom. The van der Waals surface area contributed by atoms with E-state index in [-0.39, 0.29) is 23.4 Å². The summed E-state index contributed by atoms with van der Waals surface area (Å²) in [6.45, 7) is 2.43. The zero-order chi connectivity index (χ0) is 23.5. The summed E-state index contributed by atoms with van der Waals surface area (Å²) in [6, 6.07) is 7.67. The number of benzene rings is 1. The van der Waals surface area contributed by atoms with Gasteiger partial charge in [-0.15, -0.1) is 0 Å². The summed E-state index contributed by atoms with van der Waals surface area (Å²) in [5.41, 5.74) is 0.711. The molecule has 1 aliphatic heterocycles. The highest BCUT2D eigenvalue weighted by atomic mass is 16.2. The Hall–Kier alpha value is -2.70. The molecule has 3 aliphatic rings. The standard InChI is InChI=1S/C27H36N4O3/c32-25(14-10-20-6-2-1-3-7-20)29-16-18-30(19-17-29)26(33)15-13-24-28-23-9-5-4-8-22(23)27(34)31(24)21-11-12-21/h4-5,8-9,20-21H,1-3,6-7,10-19H2. The van der Waals surface area contributed by atoms with Gasteiger partial charge in [0.1, 0.15) is 5.82 Å². The van der Waals surface area contributed by atoms with Crippen LogP contribution < -0.4 is 5.56 Å². The summed E-state index contributed by atoms with van der Waals surface area (Å²) in [5, 5.41) is 0.647. The molecule has 1 aromatic heterocycles. The highest BCUT2D eigenvalue weighted by Crippen LogP contribution is 2.35. The molecular weight excluding hydrogens is 428 g/mol. The molecule has 1 saturated heterocycles. The van der Waals surface area contributed by atoms with Gasteiger partial charge in [-0.25, -0.2) is 4.98 Å². The first-order valence-corrected chi connectivity index (χ1v) is 13.2. The van der Waals surface area contributed by atoms with E-state index in [1.807, 2.05) is 38.6 Å². The fourth-order valence-corrected chi connectivity index (χ4v) is 5.62. The Labute approximate surface area is 201 Å². The number of fused-ring (bicyclic) bond motifs is 1. The van der Waals surface area contributed by atoms with E-state index in [1.165, 1.54) is 32.1 Å². The van der Waals surface area contributed by atoms with Gasteiger partial charge in [0.05, 0.1) is 10.9 Å². The van der Waals surface area contributed by atoms with Crippen molar-refractivity contribution in [1.29, 1.82) is 0 Å². The molecule has 3 fully saturated rings. The zero-order valence-electron chi connectivity index (χ0n) is 20.1. The van der Waals surface area contributed by atoms with Crippen LogP contribution >= 0.6 is 0 Å². The quantitative estimate of drug-likeness (QED) is 0.626. The van der Waals surface area contributed by atoms with Gasteiger partial charge in [-0.05, 0) is 37.3 Å². The number of piperazine rings is 1. The van der Waals surface area contributed by atoms with E-state index in [4.69, 9.17) is 4.98 Å². The smallest absolute Gasteiger partial charge is 0.261 e. The number of amides is 2. The number of hydrogen-bond donors (Lipinski definition) is 0. The minimum absolute atomic E-state index is 0.0101. The van der Waals surface area contributed by atoms with E-state index in [0.717, 1.165) is 31.0 Å². The lowest BCUT2D eigenvalue weighted by Gasteiger charge is -2.35. The molecule has 0 bridgehead atoms. The van der Waals surface area contributed by atoms with Crippen molar-refractivity contribution in [3.05, 3.63) is 40.4 Å². The largest absolute Gasteiger partial charge is 0.339 e. The molecule has 1 aromatic carbocycles. The Morgan fingerprint density at radius 3 is 2.18 bits per heavy atom. The average molecular weight is 465 g/mol. The molecule has 182 valence electrons. The van der Waals surface area contributed by atoms with Crippen molar-refractivity contribution in [1.82, 2.24) is 19.4 Å². The van der Waals surface area contributed by atoms with Crippen molar-refractivity contribution in [2.75, 3.05) is 26.2 Å². The zero-order valence-corrected chi connectivity index (χ0v) is 20.1. The SMILES string of the molecule is O=C(CCc1nc2ccccc2c(=O)n1C1CC1)N1CCN(C(=O)CCC2CCCCC2)CC1. The summed E-state index contributed by atoms with van der Waals surface area (Å²) in [5.74, 6) is 1.76. The first-order chi connectivity index (χ1) is 16.6. The number of nitrogens with zero attached hydrogens (tertiary/aromatic N) is 4. The van der Waals surface area contributed by atoms with E-state index < -0.39 is 0 Å². The molecule has 2 saturated carbocycles. The van der Waals surface area contributed by atoms with Crippen LogP contribution in [0.25, 0.3) is 10.9 Å². The van der Waals surface area contributed by atoms with Crippen LogP contribution in [0.3, 0.4) is 0 Å². The molecule has 2 heterocycles. The van der Waals surface area contributed by atoms with Gasteiger partial charge in [-0.1, -0.05) is 44.2 Å². The van der Waals surface area contributed by atoms with Crippen LogP contribution in [0, 0.1) is 5.92 Å².